The van der Waals surface area contributed by atoms with Crippen molar-refractivity contribution in [1.82, 2.24) is 9.47 Å². The van der Waals surface area contributed by atoms with Gasteiger partial charge in [-0.2, -0.15) is 0 Å². The molecule has 0 aliphatic rings. The number of aryl methyl sites for hydroxylation is 1. The van der Waals surface area contributed by atoms with Crippen LogP contribution < -0.4 is 0 Å². The molecule has 0 saturated carbocycles. The molecular weight excluding hydrogens is 292 g/mol. The molecule has 1 N–H and O–H groups in total. The number of carbonyl (C=O) groups is 2. The van der Waals surface area contributed by atoms with Crippen LogP contribution in [0.2, 0.25) is 0 Å². The molecule has 2 aromatic rings. The quantitative estimate of drug-likeness (QED) is 0.891. The summed E-state index contributed by atoms with van der Waals surface area (Å²) in [5.41, 5.74) is 3.48. The third-order valence-corrected chi connectivity index (χ3v) is 3.94. The number of para-hydroxylation sites is 1. The van der Waals surface area contributed by atoms with Gasteiger partial charge in [-0.25, -0.2) is 0 Å². The molecule has 0 aliphatic heterocycles. The summed E-state index contributed by atoms with van der Waals surface area (Å²) in [7, 11) is 0. The molecule has 0 unspecified atom stereocenters. The Labute approximate surface area is 136 Å². The predicted molar refractivity (Wildman–Crippen MR) is 89.1 cm³/mol. The number of aromatic nitrogens is 1. The van der Waals surface area contributed by atoms with Crippen LogP contribution in [0.4, 0.5) is 0 Å². The number of amides is 1. The summed E-state index contributed by atoms with van der Waals surface area (Å²) in [6.07, 6.45) is -0.0446. The van der Waals surface area contributed by atoms with E-state index in [0.29, 0.717) is 12.1 Å². The first kappa shape index (κ1) is 16.8. The minimum Gasteiger partial charge on any atom is -0.481 e. The molecule has 0 bridgehead atoms. The van der Waals surface area contributed by atoms with Gasteiger partial charge in [0.2, 0.25) is 0 Å². The van der Waals surface area contributed by atoms with Crippen molar-refractivity contribution < 1.29 is 14.7 Å². The number of nitrogens with zero attached hydrogens (tertiary/aromatic N) is 2. The van der Waals surface area contributed by atoms with Gasteiger partial charge in [0.25, 0.3) is 5.91 Å². The van der Waals surface area contributed by atoms with Crippen molar-refractivity contribution in [2.75, 3.05) is 13.1 Å². The lowest BCUT2D eigenvalue weighted by Crippen LogP contribution is -2.33. The number of hydrogen-bond donors (Lipinski definition) is 1. The lowest BCUT2D eigenvalue weighted by atomic mass is 10.2. The van der Waals surface area contributed by atoms with Gasteiger partial charge in [-0.1, -0.05) is 18.2 Å². The Morgan fingerprint density at radius 3 is 2.39 bits per heavy atom. The Bertz CT molecular complexity index is 705. The van der Waals surface area contributed by atoms with Gasteiger partial charge in [0.15, 0.2) is 0 Å². The Balaban J connectivity index is 2.33. The van der Waals surface area contributed by atoms with E-state index >= 15 is 0 Å². The van der Waals surface area contributed by atoms with Crippen LogP contribution >= 0.6 is 0 Å². The van der Waals surface area contributed by atoms with Crippen molar-refractivity contribution in [2.45, 2.75) is 27.2 Å². The third kappa shape index (κ3) is 3.62. The zero-order chi connectivity index (χ0) is 17.0. The van der Waals surface area contributed by atoms with Gasteiger partial charge in [0.05, 0.1) is 12.0 Å². The van der Waals surface area contributed by atoms with Crippen molar-refractivity contribution >= 4 is 11.9 Å². The molecule has 1 aromatic heterocycles. The van der Waals surface area contributed by atoms with Crippen LogP contribution in [0, 0.1) is 13.8 Å². The zero-order valence-electron chi connectivity index (χ0n) is 13.7. The van der Waals surface area contributed by atoms with E-state index in [9.17, 15) is 9.59 Å². The molecule has 1 aromatic carbocycles. The number of rotatable bonds is 6. The molecule has 5 heteroatoms. The van der Waals surface area contributed by atoms with Crippen LogP contribution in [-0.4, -0.2) is 39.5 Å². The van der Waals surface area contributed by atoms with Crippen LogP contribution in [-0.2, 0) is 4.79 Å². The van der Waals surface area contributed by atoms with E-state index in [2.05, 4.69) is 0 Å². The normalized spacial score (nSPS) is 10.6. The molecular formula is C18H22N2O3. The lowest BCUT2D eigenvalue weighted by molar-refractivity contribution is -0.137. The SMILES string of the molecule is CCN(CCC(=O)O)C(=O)c1cc(C)n(-c2ccccc2)c1C. The second-order valence-corrected chi connectivity index (χ2v) is 5.48. The minimum atomic E-state index is -0.897. The highest BCUT2D eigenvalue weighted by Gasteiger charge is 2.21. The highest BCUT2D eigenvalue weighted by atomic mass is 16.4. The van der Waals surface area contributed by atoms with Crippen molar-refractivity contribution in [2.24, 2.45) is 0 Å². The van der Waals surface area contributed by atoms with Crippen molar-refractivity contribution in [3.05, 3.63) is 53.3 Å². The first-order chi connectivity index (χ1) is 11.0. The van der Waals surface area contributed by atoms with Crippen molar-refractivity contribution in [3.63, 3.8) is 0 Å². The largest absolute Gasteiger partial charge is 0.481 e. The summed E-state index contributed by atoms with van der Waals surface area (Å²) in [4.78, 5) is 25.0. The number of benzene rings is 1. The summed E-state index contributed by atoms with van der Waals surface area (Å²) in [6, 6.07) is 11.7. The van der Waals surface area contributed by atoms with Crippen LogP contribution in [0.15, 0.2) is 36.4 Å². The fraction of sp³-hybridized carbons (Fsp3) is 0.333. The molecule has 0 aliphatic carbocycles. The van der Waals surface area contributed by atoms with Crippen LogP contribution in [0.25, 0.3) is 5.69 Å². The Hall–Kier alpha value is -2.56. The summed E-state index contributed by atoms with van der Waals surface area (Å²) < 4.78 is 2.04. The van der Waals surface area contributed by atoms with E-state index in [0.717, 1.165) is 17.1 Å². The first-order valence-corrected chi connectivity index (χ1v) is 7.71. The number of carboxylic acids is 1. The summed E-state index contributed by atoms with van der Waals surface area (Å²) >= 11 is 0. The average Bonchev–Trinajstić information content (AvgIpc) is 2.83. The summed E-state index contributed by atoms with van der Waals surface area (Å²) in [5.74, 6) is -1.02. The molecule has 23 heavy (non-hydrogen) atoms. The topological polar surface area (TPSA) is 62.5 Å². The lowest BCUT2D eigenvalue weighted by Gasteiger charge is -2.20. The Kier molecular flexibility index (Phi) is 5.21. The van der Waals surface area contributed by atoms with Gasteiger partial charge in [-0.05, 0) is 39.0 Å². The maximum atomic E-state index is 12.7. The molecule has 1 amide bonds. The summed E-state index contributed by atoms with van der Waals surface area (Å²) in [5, 5.41) is 8.82. The number of carbonyl (C=O) groups excluding carboxylic acids is 1. The highest BCUT2D eigenvalue weighted by Crippen LogP contribution is 2.22. The van der Waals surface area contributed by atoms with E-state index in [1.165, 1.54) is 0 Å². The number of aliphatic carboxylic acids is 1. The van der Waals surface area contributed by atoms with E-state index in [-0.39, 0.29) is 18.9 Å². The molecule has 0 saturated heterocycles. The van der Waals surface area contributed by atoms with E-state index in [4.69, 9.17) is 5.11 Å². The third-order valence-electron chi connectivity index (χ3n) is 3.94. The Morgan fingerprint density at radius 2 is 1.83 bits per heavy atom. The second kappa shape index (κ2) is 7.13. The summed E-state index contributed by atoms with van der Waals surface area (Å²) in [6.45, 7) is 6.44. The molecule has 5 nitrogen and oxygen atoms in total. The first-order valence-electron chi connectivity index (χ1n) is 7.71. The second-order valence-electron chi connectivity index (χ2n) is 5.48. The smallest absolute Gasteiger partial charge is 0.305 e. The molecule has 0 radical (unpaired) electrons. The van der Waals surface area contributed by atoms with Crippen LogP contribution in [0.3, 0.4) is 0 Å². The van der Waals surface area contributed by atoms with Gasteiger partial charge in [-0.15, -0.1) is 0 Å². The molecule has 0 fully saturated rings. The van der Waals surface area contributed by atoms with Gasteiger partial charge >= 0.3 is 5.97 Å². The molecule has 0 spiro atoms. The molecule has 0 atom stereocenters. The van der Waals surface area contributed by atoms with Crippen molar-refractivity contribution in [1.29, 1.82) is 0 Å². The molecule has 1 heterocycles. The maximum Gasteiger partial charge on any atom is 0.305 e. The van der Waals surface area contributed by atoms with Gasteiger partial charge in [-0.3, -0.25) is 9.59 Å². The van der Waals surface area contributed by atoms with E-state index in [1.807, 2.05) is 61.7 Å². The number of hydrogen-bond acceptors (Lipinski definition) is 2. The Morgan fingerprint density at radius 1 is 1.17 bits per heavy atom. The minimum absolute atomic E-state index is 0.0446. The fourth-order valence-corrected chi connectivity index (χ4v) is 2.76. The van der Waals surface area contributed by atoms with E-state index in [1.54, 1.807) is 4.90 Å². The van der Waals surface area contributed by atoms with Crippen LogP contribution in [0.5, 0.6) is 0 Å². The fourth-order valence-electron chi connectivity index (χ4n) is 2.76. The average molecular weight is 314 g/mol. The zero-order valence-corrected chi connectivity index (χ0v) is 13.7. The molecule has 2 rings (SSSR count). The monoisotopic (exact) mass is 314 g/mol. The predicted octanol–water partition coefficient (Wildman–Crippen LogP) is 3.03. The van der Waals surface area contributed by atoms with E-state index < -0.39 is 5.97 Å². The van der Waals surface area contributed by atoms with Gasteiger partial charge in [0.1, 0.15) is 0 Å². The standard InChI is InChI=1S/C18H22N2O3/c1-4-19(11-10-17(21)22)18(23)16-12-13(2)20(14(16)3)15-8-6-5-7-9-15/h5-9,12H,4,10-11H2,1-3H3,(H,21,22). The van der Waals surface area contributed by atoms with Gasteiger partial charge < -0.3 is 14.6 Å². The van der Waals surface area contributed by atoms with Gasteiger partial charge in [0, 0.05) is 30.2 Å². The van der Waals surface area contributed by atoms with Crippen molar-refractivity contribution in [3.8, 4) is 5.69 Å². The number of carboxylic acid groups (broad SMARTS) is 1. The molecule has 122 valence electrons. The highest BCUT2D eigenvalue weighted by molar-refractivity contribution is 5.96. The maximum absolute atomic E-state index is 12.7. The van der Waals surface area contributed by atoms with Crippen LogP contribution in [0.1, 0.15) is 35.1 Å².